The van der Waals surface area contributed by atoms with E-state index in [2.05, 4.69) is 10.1 Å². The summed E-state index contributed by atoms with van der Waals surface area (Å²) in [7, 11) is 0. The third-order valence-electron chi connectivity index (χ3n) is 3.40. The quantitative estimate of drug-likeness (QED) is 0.820. The van der Waals surface area contributed by atoms with E-state index in [0.717, 1.165) is 18.2 Å². The zero-order chi connectivity index (χ0) is 15.9. The highest BCUT2D eigenvalue weighted by Gasteiger charge is 2.32. The molecule has 0 amide bonds. The maximum atomic E-state index is 13.8. The Morgan fingerprint density at radius 1 is 1.05 bits per heavy atom. The summed E-state index contributed by atoms with van der Waals surface area (Å²) in [5, 5.41) is 2.97. The van der Waals surface area contributed by atoms with Gasteiger partial charge in [0.05, 0.1) is 6.04 Å². The minimum atomic E-state index is -4.77. The number of hydrogen-bond donors (Lipinski definition) is 1. The van der Waals surface area contributed by atoms with E-state index in [9.17, 15) is 22.0 Å². The maximum Gasteiger partial charge on any atom is 0.573 e. The van der Waals surface area contributed by atoms with Crippen molar-refractivity contribution in [3.8, 4) is 5.75 Å². The minimum absolute atomic E-state index is 0.134. The van der Waals surface area contributed by atoms with Gasteiger partial charge in [-0.25, -0.2) is 8.78 Å². The number of halogens is 5. The van der Waals surface area contributed by atoms with Crippen LogP contribution in [-0.2, 0) is 6.42 Å². The Kier molecular flexibility index (Phi) is 3.42. The van der Waals surface area contributed by atoms with Crippen LogP contribution in [0.1, 0.15) is 17.2 Å². The Hall–Kier alpha value is -2.31. The highest BCUT2D eigenvalue weighted by atomic mass is 19.4. The van der Waals surface area contributed by atoms with Gasteiger partial charge >= 0.3 is 6.36 Å². The fraction of sp³-hybridized carbons (Fsp3) is 0.200. The van der Waals surface area contributed by atoms with E-state index in [4.69, 9.17) is 0 Å². The SMILES string of the molecule is Fc1ccc(F)c(C2Cc3cc(OC(F)(F)F)ccc3N2)c1. The van der Waals surface area contributed by atoms with E-state index in [1.54, 1.807) is 0 Å². The van der Waals surface area contributed by atoms with Crippen molar-refractivity contribution in [1.29, 1.82) is 0 Å². The van der Waals surface area contributed by atoms with Gasteiger partial charge in [-0.2, -0.15) is 0 Å². The van der Waals surface area contributed by atoms with E-state index in [-0.39, 0.29) is 17.7 Å². The molecule has 0 radical (unpaired) electrons. The average molecular weight is 315 g/mol. The molecule has 0 aliphatic carbocycles. The van der Waals surface area contributed by atoms with Gasteiger partial charge in [-0.05, 0) is 48.4 Å². The molecule has 2 nitrogen and oxygen atoms in total. The van der Waals surface area contributed by atoms with Gasteiger partial charge in [-0.3, -0.25) is 0 Å². The van der Waals surface area contributed by atoms with Crippen molar-refractivity contribution in [1.82, 2.24) is 0 Å². The minimum Gasteiger partial charge on any atom is -0.406 e. The van der Waals surface area contributed by atoms with Crippen LogP contribution in [0.2, 0.25) is 0 Å². The van der Waals surface area contributed by atoms with Gasteiger partial charge in [0.25, 0.3) is 0 Å². The van der Waals surface area contributed by atoms with E-state index >= 15 is 0 Å². The van der Waals surface area contributed by atoms with Crippen LogP contribution in [0.4, 0.5) is 27.6 Å². The molecule has 0 saturated heterocycles. The first-order chi connectivity index (χ1) is 10.3. The predicted octanol–water partition coefficient (Wildman–Crippen LogP) is 4.57. The molecule has 1 N–H and O–H groups in total. The summed E-state index contributed by atoms with van der Waals surface area (Å²) in [6.45, 7) is 0. The van der Waals surface area contributed by atoms with Crippen LogP contribution in [0, 0.1) is 11.6 Å². The van der Waals surface area contributed by atoms with Crippen LogP contribution in [0.3, 0.4) is 0 Å². The second kappa shape index (κ2) is 5.15. The van der Waals surface area contributed by atoms with Gasteiger partial charge in [-0.1, -0.05) is 0 Å². The molecule has 1 heterocycles. The van der Waals surface area contributed by atoms with Crippen molar-refractivity contribution in [2.24, 2.45) is 0 Å². The molecule has 3 rings (SSSR count). The van der Waals surface area contributed by atoms with Crippen molar-refractivity contribution in [3.05, 3.63) is 59.2 Å². The molecule has 1 atom stereocenters. The van der Waals surface area contributed by atoms with E-state index < -0.39 is 24.0 Å². The van der Waals surface area contributed by atoms with Gasteiger partial charge < -0.3 is 10.1 Å². The molecule has 22 heavy (non-hydrogen) atoms. The molecular weight excluding hydrogens is 305 g/mol. The van der Waals surface area contributed by atoms with Crippen LogP contribution in [0.15, 0.2) is 36.4 Å². The zero-order valence-corrected chi connectivity index (χ0v) is 11.0. The molecule has 1 aliphatic heterocycles. The van der Waals surface area contributed by atoms with Crippen molar-refractivity contribution < 1.29 is 26.7 Å². The van der Waals surface area contributed by atoms with E-state index in [1.165, 1.54) is 18.2 Å². The van der Waals surface area contributed by atoms with E-state index in [1.807, 2.05) is 0 Å². The average Bonchev–Trinajstić information content (AvgIpc) is 2.82. The summed E-state index contributed by atoms with van der Waals surface area (Å²) >= 11 is 0. The second-order valence-corrected chi connectivity index (χ2v) is 4.93. The summed E-state index contributed by atoms with van der Waals surface area (Å²) in [6, 6.07) is 6.41. The van der Waals surface area contributed by atoms with Crippen LogP contribution < -0.4 is 10.1 Å². The standard InChI is InChI=1S/C15H10F5NO/c16-9-1-3-12(17)11(7-9)14-6-8-5-10(22-15(18,19)20)2-4-13(8)21-14/h1-5,7,14,21H,6H2. The summed E-state index contributed by atoms with van der Waals surface area (Å²) in [5.41, 5.74) is 1.26. The first-order valence-corrected chi connectivity index (χ1v) is 6.42. The van der Waals surface area contributed by atoms with Gasteiger partial charge in [-0.15, -0.1) is 13.2 Å². The van der Waals surface area contributed by atoms with Crippen LogP contribution in [0.5, 0.6) is 5.75 Å². The van der Waals surface area contributed by atoms with Crippen LogP contribution in [0.25, 0.3) is 0 Å². The molecule has 0 saturated carbocycles. The van der Waals surface area contributed by atoms with Gasteiger partial charge in [0, 0.05) is 11.3 Å². The largest absolute Gasteiger partial charge is 0.573 e. The number of anilines is 1. The number of benzene rings is 2. The predicted molar refractivity (Wildman–Crippen MR) is 69.6 cm³/mol. The van der Waals surface area contributed by atoms with Crippen LogP contribution >= 0.6 is 0 Å². The van der Waals surface area contributed by atoms with Gasteiger partial charge in [0.2, 0.25) is 0 Å². The van der Waals surface area contributed by atoms with E-state index in [0.29, 0.717) is 11.3 Å². The number of alkyl halides is 3. The Balaban J connectivity index is 1.85. The number of rotatable bonds is 2. The highest BCUT2D eigenvalue weighted by Crippen LogP contribution is 2.38. The zero-order valence-electron chi connectivity index (χ0n) is 11.0. The molecule has 116 valence electrons. The lowest BCUT2D eigenvalue weighted by Crippen LogP contribution is -2.17. The Morgan fingerprint density at radius 2 is 1.82 bits per heavy atom. The normalized spacial score (nSPS) is 17.0. The number of nitrogens with one attached hydrogen (secondary N) is 1. The smallest absolute Gasteiger partial charge is 0.406 e. The van der Waals surface area contributed by atoms with Crippen molar-refractivity contribution in [3.63, 3.8) is 0 Å². The number of hydrogen-bond acceptors (Lipinski definition) is 2. The fourth-order valence-electron chi connectivity index (χ4n) is 2.50. The number of fused-ring (bicyclic) bond motifs is 1. The van der Waals surface area contributed by atoms with Gasteiger partial charge in [0.15, 0.2) is 0 Å². The lowest BCUT2D eigenvalue weighted by atomic mass is 10.0. The second-order valence-electron chi connectivity index (χ2n) is 4.93. The molecule has 0 aromatic heterocycles. The third-order valence-corrected chi connectivity index (χ3v) is 3.40. The summed E-state index contributed by atoms with van der Waals surface area (Å²) in [6.07, 6.45) is -4.53. The molecule has 0 spiro atoms. The molecule has 0 fully saturated rings. The highest BCUT2D eigenvalue weighted by molar-refractivity contribution is 5.60. The lowest BCUT2D eigenvalue weighted by molar-refractivity contribution is -0.274. The maximum absolute atomic E-state index is 13.8. The summed E-state index contributed by atoms with van der Waals surface area (Å²) in [4.78, 5) is 0. The van der Waals surface area contributed by atoms with Crippen LogP contribution in [-0.4, -0.2) is 6.36 Å². The molecular formula is C15H10F5NO. The lowest BCUT2D eigenvalue weighted by Gasteiger charge is -2.12. The molecule has 1 aliphatic rings. The molecule has 7 heteroatoms. The van der Waals surface area contributed by atoms with Crippen molar-refractivity contribution in [2.75, 3.05) is 5.32 Å². The first kappa shape index (κ1) is 14.6. The van der Waals surface area contributed by atoms with Gasteiger partial charge in [0.1, 0.15) is 17.4 Å². The molecule has 2 aromatic carbocycles. The van der Waals surface area contributed by atoms with Crippen molar-refractivity contribution in [2.45, 2.75) is 18.8 Å². The molecule has 2 aromatic rings. The summed E-state index contributed by atoms with van der Waals surface area (Å²) < 4.78 is 67.5. The first-order valence-electron chi connectivity index (χ1n) is 6.42. The topological polar surface area (TPSA) is 21.3 Å². The Bertz CT molecular complexity index is 714. The molecule has 0 bridgehead atoms. The number of ether oxygens (including phenoxy) is 1. The molecule has 1 unspecified atom stereocenters. The fourth-order valence-corrected chi connectivity index (χ4v) is 2.50. The monoisotopic (exact) mass is 315 g/mol. The third kappa shape index (κ3) is 2.98. The Labute approximate surface area is 122 Å². The Morgan fingerprint density at radius 3 is 2.55 bits per heavy atom. The summed E-state index contributed by atoms with van der Waals surface area (Å²) in [5.74, 6) is -1.48. The van der Waals surface area contributed by atoms with Crippen molar-refractivity contribution >= 4 is 5.69 Å².